The highest BCUT2D eigenvalue weighted by Crippen LogP contribution is 2.31. The van der Waals surface area contributed by atoms with Gasteiger partial charge in [-0.1, -0.05) is 36.4 Å². The maximum atomic E-state index is 13.1. The van der Waals surface area contributed by atoms with Gasteiger partial charge in [-0.3, -0.25) is 19.2 Å². The third kappa shape index (κ3) is 5.27. The van der Waals surface area contributed by atoms with Crippen molar-refractivity contribution < 1.29 is 18.1 Å². The summed E-state index contributed by atoms with van der Waals surface area (Å²) < 4.78 is 27.4. The molecule has 0 radical (unpaired) electrons. The summed E-state index contributed by atoms with van der Waals surface area (Å²) in [5.41, 5.74) is 1.54. The number of sulfonamides is 1. The highest BCUT2D eigenvalue weighted by atomic mass is 32.2. The second-order valence-corrected chi connectivity index (χ2v) is 10.3. The molecule has 0 unspecified atom stereocenters. The first-order chi connectivity index (χ1) is 16.8. The maximum absolute atomic E-state index is 13.1. The number of hydrogen-bond acceptors (Lipinski definition) is 6. The van der Waals surface area contributed by atoms with Gasteiger partial charge in [-0.15, -0.1) is 0 Å². The standard InChI is InChI=1S/C25H26N4O5S/c1-27(21-9-3-2-4-10-21)35(33,34)22-11-7-8-20(18-22)26-25(30)19-14-16-28(17-15-19)23-12-5-6-13-24(23)29(31)32/h2-13,18-19H,14-17H2,1H3,(H,26,30). The summed E-state index contributed by atoms with van der Waals surface area (Å²) in [6, 6.07) is 21.5. The second-order valence-electron chi connectivity index (χ2n) is 8.33. The number of nitro benzene ring substituents is 1. The molecule has 0 bridgehead atoms. The lowest BCUT2D eigenvalue weighted by atomic mass is 9.95. The zero-order valence-corrected chi connectivity index (χ0v) is 20.0. The number of rotatable bonds is 7. The zero-order chi connectivity index (χ0) is 25.0. The molecule has 35 heavy (non-hydrogen) atoms. The third-order valence-corrected chi connectivity index (χ3v) is 7.95. The van der Waals surface area contributed by atoms with E-state index in [-0.39, 0.29) is 22.4 Å². The Morgan fingerprint density at radius 2 is 1.66 bits per heavy atom. The zero-order valence-electron chi connectivity index (χ0n) is 19.2. The Morgan fingerprint density at radius 1 is 1.00 bits per heavy atom. The van der Waals surface area contributed by atoms with Crippen LogP contribution in [0.4, 0.5) is 22.7 Å². The summed E-state index contributed by atoms with van der Waals surface area (Å²) in [6.45, 7) is 1.03. The second kappa shape index (κ2) is 10.1. The minimum atomic E-state index is -3.80. The Bertz CT molecular complexity index is 1320. The van der Waals surface area contributed by atoms with E-state index in [4.69, 9.17) is 0 Å². The highest BCUT2D eigenvalue weighted by Gasteiger charge is 2.28. The first-order valence-corrected chi connectivity index (χ1v) is 12.6. The van der Waals surface area contributed by atoms with Crippen LogP contribution in [0.15, 0.2) is 83.8 Å². The van der Waals surface area contributed by atoms with E-state index in [1.165, 1.54) is 29.6 Å². The average molecular weight is 495 g/mol. The van der Waals surface area contributed by atoms with E-state index in [9.17, 15) is 23.3 Å². The molecule has 1 aliphatic rings. The highest BCUT2D eigenvalue weighted by molar-refractivity contribution is 7.92. The molecule has 10 heteroatoms. The molecule has 9 nitrogen and oxygen atoms in total. The Hall–Kier alpha value is -3.92. The molecule has 1 amide bonds. The summed E-state index contributed by atoms with van der Waals surface area (Å²) in [5, 5.41) is 14.2. The fourth-order valence-electron chi connectivity index (χ4n) is 4.18. The predicted octanol–water partition coefficient (Wildman–Crippen LogP) is 4.28. The van der Waals surface area contributed by atoms with Crippen molar-refractivity contribution >= 4 is 38.7 Å². The van der Waals surface area contributed by atoms with E-state index in [0.29, 0.717) is 43.0 Å². The minimum absolute atomic E-state index is 0.0499. The summed E-state index contributed by atoms with van der Waals surface area (Å²) >= 11 is 0. The van der Waals surface area contributed by atoms with Crippen LogP contribution in [0.25, 0.3) is 0 Å². The number of nitrogens with one attached hydrogen (secondary N) is 1. The van der Waals surface area contributed by atoms with Gasteiger partial charge in [-0.05, 0) is 49.2 Å². The molecule has 0 aliphatic carbocycles. The van der Waals surface area contributed by atoms with Crippen molar-refractivity contribution in [1.82, 2.24) is 0 Å². The number of carbonyl (C=O) groups is 1. The maximum Gasteiger partial charge on any atom is 0.292 e. The fraction of sp³-hybridized carbons (Fsp3) is 0.240. The topological polar surface area (TPSA) is 113 Å². The van der Waals surface area contributed by atoms with Crippen LogP contribution in [0.2, 0.25) is 0 Å². The molecule has 182 valence electrons. The lowest BCUT2D eigenvalue weighted by Crippen LogP contribution is -2.38. The smallest absolute Gasteiger partial charge is 0.292 e. The Morgan fingerprint density at radius 3 is 2.34 bits per heavy atom. The Labute approximate surface area is 204 Å². The van der Waals surface area contributed by atoms with E-state index in [1.54, 1.807) is 54.6 Å². The molecule has 1 fully saturated rings. The molecule has 0 saturated carbocycles. The molecule has 1 N–H and O–H groups in total. The number of carbonyl (C=O) groups excluding carboxylic acids is 1. The van der Waals surface area contributed by atoms with E-state index >= 15 is 0 Å². The summed E-state index contributed by atoms with van der Waals surface area (Å²) in [6.07, 6.45) is 1.07. The number of amides is 1. The first kappa shape index (κ1) is 24.2. The van der Waals surface area contributed by atoms with Crippen LogP contribution in [0, 0.1) is 16.0 Å². The summed E-state index contributed by atoms with van der Waals surface area (Å²) in [7, 11) is -2.32. The Kier molecular flexibility index (Phi) is 7.02. The molecule has 3 aromatic rings. The number of hydrogen-bond donors (Lipinski definition) is 1. The van der Waals surface area contributed by atoms with Gasteiger partial charge in [0.2, 0.25) is 5.91 Å². The van der Waals surface area contributed by atoms with Crippen LogP contribution in [-0.2, 0) is 14.8 Å². The van der Waals surface area contributed by atoms with Crippen molar-refractivity contribution in [2.75, 3.05) is 34.7 Å². The molecule has 4 rings (SSSR count). The third-order valence-electron chi connectivity index (χ3n) is 6.16. The van der Waals surface area contributed by atoms with Gasteiger partial charge in [0, 0.05) is 37.8 Å². The van der Waals surface area contributed by atoms with Gasteiger partial charge in [0.25, 0.3) is 15.7 Å². The van der Waals surface area contributed by atoms with Crippen molar-refractivity contribution in [3.05, 3.63) is 89.0 Å². The molecule has 0 spiro atoms. The van der Waals surface area contributed by atoms with Crippen molar-refractivity contribution in [1.29, 1.82) is 0 Å². The molecular weight excluding hydrogens is 468 g/mol. The van der Waals surface area contributed by atoms with Gasteiger partial charge in [0.15, 0.2) is 0 Å². The Balaban J connectivity index is 1.42. The normalized spacial score (nSPS) is 14.4. The van der Waals surface area contributed by atoms with Crippen LogP contribution in [0.1, 0.15) is 12.8 Å². The number of nitro groups is 1. The number of benzene rings is 3. The SMILES string of the molecule is CN(c1ccccc1)S(=O)(=O)c1cccc(NC(=O)C2CCN(c3ccccc3[N+](=O)[O-])CC2)c1. The fourth-order valence-corrected chi connectivity index (χ4v) is 5.42. The van der Waals surface area contributed by atoms with Crippen LogP contribution in [0.5, 0.6) is 0 Å². The van der Waals surface area contributed by atoms with Crippen molar-refractivity contribution in [2.24, 2.45) is 5.92 Å². The van der Waals surface area contributed by atoms with Crippen molar-refractivity contribution in [3.8, 4) is 0 Å². The lowest BCUT2D eigenvalue weighted by molar-refractivity contribution is -0.384. The van der Waals surface area contributed by atoms with Crippen molar-refractivity contribution in [3.63, 3.8) is 0 Å². The first-order valence-electron chi connectivity index (χ1n) is 11.2. The van der Waals surface area contributed by atoms with E-state index in [2.05, 4.69) is 5.32 Å². The van der Waals surface area contributed by atoms with Gasteiger partial charge in [-0.2, -0.15) is 0 Å². The van der Waals surface area contributed by atoms with Crippen LogP contribution < -0.4 is 14.5 Å². The number of nitrogens with zero attached hydrogens (tertiary/aromatic N) is 3. The molecule has 0 atom stereocenters. The largest absolute Gasteiger partial charge is 0.366 e. The quantitative estimate of drug-likeness (QED) is 0.388. The van der Waals surface area contributed by atoms with Gasteiger partial charge < -0.3 is 10.2 Å². The van der Waals surface area contributed by atoms with E-state index < -0.39 is 14.9 Å². The van der Waals surface area contributed by atoms with Crippen LogP contribution in [0.3, 0.4) is 0 Å². The molecular formula is C25H26N4O5S. The molecule has 0 aromatic heterocycles. The molecule has 1 saturated heterocycles. The summed E-state index contributed by atoms with van der Waals surface area (Å²) in [5.74, 6) is -0.473. The van der Waals surface area contributed by atoms with E-state index in [0.717, 1.165) is 0 Å². The lowest BCUT2D eigenvalue weighted by Gasteiger charge is -2.32. The number of piperidine rings is 1. The van der Waals surface area contributed by atoms with E-state index in [1.807, 2.05) is 11.0 Å². The molecule has 1 heterocycles. The summed E-state index contributed by atoms with van der Waals surface area (Å²) in [4.78, 5) is 25.8. The van der Waals surface area contributed by atoms with Gasteiger partial charge in [-0.25, -0.2) is 8.42 Å². The monoisotopic (exact) mass is 494 g/mol. The van der Waals surface area contributed by atoms with Gasteiger partial charge in [0.1, 0.15) is 5.69 Å². The van der Waals surface area contributed by atoms with Crippen LogP contribution in [-0.4, -0.2) is 39.4 Å². The van der Waals surface area contributed by atoms with Gasteiger partial charge in [0.05, 0.1) is 15.5 Å². The number of anilines is 3. The van der Waals surface area contributed by atoms with Crippen LogP contribution >= 0.6 is 0 Å². The number of para-hydroxylation sites is 3. The predicted molar refractivity (Wildman–Crippen MR) is 135 cm³/mol. The van der Waals surface area contributed by atoms with Gasteiger partial charge >= 0.3 is 0 Å². The molecule has 1 aliphatic heterocycles. The average Bonchev–Trinajstić information content (AvgIpc) is 2.89. The van der Waals surface area contributed by atoms with Crippen molar-refractivity contribution in [2.45, 2.75) is 17.7 Å². The minimum Gasteiger partial charge on any atom is -0.366 e. The molecule has 3 aromatic carbocycles.